The molecule has 0 aliphatic rings. The molecule has 2 N–H and O–H groups in total. The number of nitrogens with one attached hydrogen (secondary N) is 1. The van der Waals surface area contributed by atoms with Gasteiger partial charge in [0.1, 0.15) is 11.6 Å². The van der Waals surface area contributed by atoms with E-state index in [0.717, 1.165) is 17.7 Å². The van der Waals surface area contributed by atoms with Crippen molar-refractivity contribution in [2.45, 2.75) is 6.42 Å². The lowest BCUT2D eigenvalue weighted by Crippen LogP contribution is -2.09. The first-order chi connectivity index (χ1) is 9.70. The molecular weight excluding hydrogens is 258 g/mol. The van der Waals surface area contributed by atoms with Crippen molar-refractivity contribution in [2.75, 3.05) is 19.0 Å². The first kappa shape index (κ1) is 13.8. The average molecular weight is 273 g/mol. The number of hydrogen-bond donors (Lipinski definition) is 2. The van der Waals surface area contributed by atoms with Gasteiger partial charge in [0, 0.05) is 6.54 Å². The highest BCUT2D eigenvalue weighted by molar-refractivity contribution is 5.85. The van der Waals surface area contributed by atoms with E-state index in [1.807, 2.05) is 24.3 Å². The Balaban J connectivity index is 1.91. The Labute approximate surface area is 116 Å². The Kier molecular flexibility index (Phi) is 4.49. The van der Waals surface area contributed by atoms with Crippen LogP contribution in [0.4, 0.5) is 5.82 Å². The van der Waals surface area contributed by atoms with E-state index in [4.69, 9.17) is 9.84 Å². The zero-order valence-corrected chi connectivity index (χ0v) is 11.0. The molecule has 0 radical (unpaired) electrons. The van der Waals surface area contributed by atoms with Crippen LogP contribution in [0, 0.1) is 0 Å². The third kappa shape index (κ3) is 3.44. The molecule has 0 aliphatic carbocycles. The number of carboxylic acids is 1. The molecule has 0 spiro atoms. The molecule has 0 aliphatic heterocycles. The van der Waals surface area contributed by atoms with E-state index < -0.39 is 5.97 Å². The number of benzene rings is 1. The predicted octanol–water partition coefficient (Wildman–Crippen LogP) is 1.84. The zero-order valence-electron chi connectivity index (χ0n) is 11.0. The molecular formula is C14H15N3O3. The molecule has 104 valence electrons. The van der Waals surface area contributed by atoms with E-state index in [2.05, 4.69) is 15.5 Å². The van der Waals surface area contributed by atoms with Crippen molar-refractivity contribution in [1.82, 2.24) is 10.2 Å². The summed E-state index contributed by atoms with van der Waals surface area (Å²) in [5.41, 5.74) is 1.03. The summed E-state index contributed by atoms with van der Waals surface area (Å²) >= 11 is 0. The summed E-state index contributed by atoms with van der Waals surface area (Å²) in [6.07, 6.45) is 0.770. The topological polar surface area (TPSA) is 84.3 Å². The number of carboxylic acid groups (broad SMARTS) is 1. The molecule has 2 aromatic rings. The number of ether oxygens (including phenoxy) is 1. The Morgan fingerprint density at radius 1 is 1.25 bits per heavy atom. The molecule has 0 atom stereocenters. The molecule has 0 saturated heterocycles. The molecule has 0 unspecified atom stereocenters. The van der Waals surface area contributed by atoms with Crippen LogP contribution in [0.2, 0.25) is 0 Å². The first-order valence-electron chi connectivity index (χ1n) is 6.13. The van der Waals surface area contributed by atoms with E-state index in [1.54, 1.807) is 13.2 Å². The highest BCUT2D eigenvalue weighted by atomic mass is 16.5. The van der Waals surface area contributed by atoms with E-state index in [-0.39, 0.29) is 5.69 Å². The summed E-state index contributed by atoms with van der Waals surface area (Å²) in [7, 11) is 1.64. The molecule has 20 heavy (non-hydrogen) atoms. The van der Waals surface area contributed by atoms with Gasteiger partial charge in [-0.05, 0) is 30.2 Å². The van der Waals surface area contributed by atoms with E-state index in [1.165, 1.54) is 6.07 Å². The van der Waals surface area contributed by atoms with Crippen molar-refractivity contribution in [3.63, 3.8) is 0 Å². The molecule has 0 amide bonds. The van der Waals surface area contributed by atoms with E-state index >= 15 is 0 Å². The maximum atomic E-state index is 10.6. The van der Waals surface area contributed by atoms with Gasteiger partial charge in [-0.1, -0.05) is 18.2 Å². The molecule has 1 aromatic carbocycles. The fourth-order valence-electron chi connectivity index (χ4n) is 1.78. The van der Waals surface area contributed by atoms with Gasteiger partial charge in [-0.2, -0.15) is 0 Å². The van der Waals surface area contributed by atoms with Crippen LogP contribution in [-0.4, -0.2) is 34.9 Å². The van der Waals surface area contributed by atoms with Crippen LogP contribution in [0.5, 0.6) is 5.75 Å². The van der Waals surface area contributed by atoms with Gasteiger partial charge in [0.2, 0.25) is 0 Å². The molecule has 2 rings (SSSR count). The van der Waals surface area contributed by atoms with Crippen molar-refractivity contribution in [1.29, 1.82) is 0 Å². The van der Waals surface area contributed by atoms with Crippen LogP contribution in [0.25, 0.3) is 0 Å². The van der Waals surface area contributed by atoms with Gasteiger partial charge in [-0.3, -0.25) is 0 Å². The van der Waals surface area contributed by atoms with Gasteiger partial charge in [-0.25, -0.2) is 4.79 Å². The van der Waals surface area contributed by atoms with Gasteiger partial charge in [0.05, 0.1) is 7.11 Å². The SMILES string of the molecule is COc1ccccc1CCNc1ccc(C(=O)O)nn1. The lowest BCUT2D eigenvalue weighted by molar-refractivity contribution is 0.0689. The molecule has 1 heterocycles. The van der Waals surface area contributed by atoms with Gasteiger partial charge < -0.3 is 15.2 Å². The minimum atomic E-state index is -1.09. The number of nitrogens with zero attached hydrogens (tertiary/aromatic N) is 2. The lowest BCUT2D eigenvalue weighted by atomic mass is 10.1. The standard InChI is InChI=1S/C14H15N3O3/c1-20-12-5-3-2-4-10(12)8-9-15-13-7-6-11(14(18)19)16-17-13/h2-7H,8-9H2,1H3,(H,15,17)(H,18,19). The first-order valence-corrected chi connectivity index (χ1v) is 6.13. The van der Waals surface area contributed by atoms with Gasteiger partial charge in [0.15, 0.2) is 5.69 Å². The summed E-state index contributed by atoms with van der Waals surface area (Å²) in [6, 6.07) is 10.8. The molecule has 6 nitrogen and oxygen atoms in total. The predicted molar refractivity (Wildman–Crippen MR) is 74.2 cm³/mol. The highest BCUT2D eigenvalue weighted by Crippen LogP contribution is 2.17. The normalized spacial score (nSPS) is 10.1. The van der Waals surface area contributed by atoms with Crippen LogP contribution in [0.1, 0.15) is 16.1 Å². The number of rotatable bonds is 6. The van der Waals surface area contributed by atoms with Crippen molar-refractivity contribution in [3.05, 3.63) is 47.7 Å². The smallest absolute Gasteiger partial charge is 0.356 e. The van der Waals surface area contributed by atoms with Crippen molar-refractivity contribution in [3.8, 4) is 5.75 Å². The number of carbonyl (C=O) groups is 1. The largest absolute Gasteiger partial charge is 0.496 e. The maximum absolute atomic E-state index is 10.6. The zero-order chi connectivity index (χ0) is 14.4. The summed E-state index contributed by atoms with van der Waals surface area (Å²) in [5.74, 6) is 0.310. The number of methoxy groups -OCH3 is 1. The fraction of sp³-hybridized carbons (Fsp3) is 0.214. The third-order valence-electron chi connectivity index (χ3n) is 2.78. The highest BCUT2D eigenvalue weighted by Gasteiger charge is 2.05. The second kappa shape index (κ2) is 6.51. The minimum Gasteiger partial charge on any atom is -0.496 e. The maximum Gasteiger partial charge on any atom is 0.356 e. The number of aromatic nitrogens is 2. The Morgan fingerprint density at radius 3 is 2.70 bits per heavy atom. The molecule has 0 fully saturated rings. The number of aromatic carboxylic acids is 1. The summed E-state index contributed by atoms with van der Waals surface area (Å²) < 4.78 is 5.27. The van der Waals surface area contributed by atoms with Crippen LogP contribution >= 0.6 is 0 Å². The van der Waals surface area contributed by atoms with Crippen molar-refractivity contribution >= 4 is 11.8 Å². The summed E-state index contributed by atoms with van der Waals surface area (Å²) in [4.78, 5) is 10.6. The fourth-order valence-corrected chi connectivity index (χ4v) is 1.78. The molecule has 0 bridgehead atoms. The van der Waals surface area contributed by atoms with E-state index in [9.17, 15) is 4.79 Å². The second-order valence-electron chi connectivity index (χ2n) is 4.10. The Bertz CT molecular complexity index is 584. The lowest BCUT2D eigenvalue weighted by Gasteiger charge is -2.09. The Morgan fingerprint density at radius 2 is 2.05 bits per heavy atom. The van der Waals surface area contributed by atoms with Crippen LogP contribution < -0.4 is 10.1 Å². The molecule has 6 heteroatoms. The van der Waals surface area contributed by atoms with Crippen molar-refractivity contribution in [2.24, 2.45) is 0 Å². The Hall–Kier alpha value is -2.63. The van der Waals surface area contributed by atoms with Crippen LogP contribution in [0.15, 0.2) is 36.4 Å². The van der Waals surface area contributed by atoms with Gasteiger partial charge >= 0.3 is 5.97 Å². The molecule has 1 aromatic heterocycles. The van der Waals surface area contributed by atoms with Gasteiger partial charge in [-0.15, -0.1) is 10.2 Å². The van der Waals surface area contributed by atoms with Gasteiger partial charge in [0.25, 0.3) is 0 Å². The molecule has 0 saturated carbocycles. The second-order valence-corrected chi connectivity index (χ2v) is 4.10. The summed E-state index contributed by atoms with van der Waals surface area (Å²) in [5, 5.41) is 19.2. The average Bonchev–Trinajstić information content (AvgIpc) is 2.48. The van der Waals surface area contributed by atoms with Crippen molar-refractivity contribution < 1.29 is 14.6 Å². The van der Waals surface area contributed by atoms with Crippen LogP contribution in [0.3, 0.4) is 0 Å². The van der Waals surface area contributed by atoms with E-state index in [0.29, 0.717) is 12.4 Å². The quantitative estimate of drug-likeness (QED) is 0.835. The summed E-state index contributed by atoms with van der Waals surface area (Å²) in [6.45, 7) is 0.654. The number of para-hydroxylation sites is 1. The third-order valence-corrected chi connectivity index (χ3v) is 2.78. The number of anilines is 1. The number of hydrogen-bond acceptors (Lipinski definition) is 5. The monoisotopic (exact) mass is 273 g/mol. The van der Waals surface area contributed by atoms with Crippen LogP contribution in [-0.2, 0) is 6.42 Å². The minimum absolute atomic E-state index is 0.0692.